The van der Waals surface area contributed by atoms with E-state index in [1.807, 2.05) is 11.9 Å². The number of aryl methyl sites for hydroxylation is 1. The predicted octanol–water partition coefficient (Wildman–Crippen LogP) is 3.08. The van der Waals surface area contributed by atoms with E-state index in [4.69, 9.17) is 0 Å². The van der Waals surface area contributed by atoms with E-state index in [1.165, 1.54) is 4.88 Å². The molecule has 0 radical (unpaired) electrons. The second kappa shape index (κ2) is 8.25. The van der Waals surface area contributed by atoms with E-state index in [0.717, 1.165) is 36.1 Å². The summed E-state index contributed by atoms with van der Waals surface area (Å²) >= 11 is 5.21. The lowest BCUT2D eigenvalue weighted by atomic mass is 10.1. The fraction of sp³-hybridized carbons (Fsp3) is 0.615. The molecule has 1 aromatic rings. The van der Waals surface area contributed by atoms with Gasteiger partial charge in [0.15, 0.2) is 0 Å². The molecular formula is C13H20BrClN2OS. The molecule has 1 amide bonds. The van der Waals surface area contributed by atoms with Crippen LogP contribution in [0.2, 0.25) is 0 Å². The van der Waals surface area contributed by atoms with E-state index in [0.29, 0.717) is 12.5 Å². The number of carbonyl (C=O) groups is 1. The second-order valence-electron chi connectivity index (χ2n) is 4.71. The van der Waals surface area contributed by atoms with Crippen LogP contribution in [0.5, 0.6) is 0 Å². The van der Waals surface area contributed by atoms with Crippen LogP contribution < -0.4 is 5.32 Å². The average molecular weight is 368 g/mol. The molecule has 0 aliphatic carbocycles. The van der Waals surface area contributed by atoms with E-state index >= 15 is 0 Å². The van der Waals surface area contributed by atoms with Gasteiger partial charge in [0, 0.05) is 30.9 Å². The number of carbonyl (C=O) groups excluding carboxylic acids is 1. The first-order valence-electron chi connectivity index (χ1n) is 6.37. The van der Waals surface area contributed by atoms with Crippen LogP contribution in [-0.4, -0.2) is 37.0 Å². The van der Waals surface area contributed by atoms with Crippen molar-refractivity contribution in [2.24, 2.45) is 0 Å². The van der Waals surface area contributed by atoms with Crippen LogP contribution in [-0.2, 0) is 11.2 Å². The van der Waals surface area contributed by atoms with Crippen molar-refractivity contribution in [3.05, 3.63) is 20.8 Å². The van der Waals surface area contributed by atoms with Gasteiger partial charge in [-0.05, 0) is 53.9 Å². The van der Waals surface area contributed by atoms with E-state index in [1.54, 1.807) is 11.3 Å². The molecule has 0 saturated carbocycles. The maximum Gasteiger partial charge on any atom is 0.222 e. The van der Waals surface area contributed by atoms with Gasteiger partial charge in [-0.1, -0.05) is 0 Å². The Kier molecular flexibility index (Phi) is 7.36. The maximum absolute atomic E-state index is 12.0. The molecule has 0 bridgehead atoms. The molecule has 1 fully saturated rings. The first-order chi connectivity index (χ1) is 8.66. The van der Waals surface area contributed by atoms with Crippen molar-refractivity contribution in [3.8, 4) is 0 Å². The lowest BCUT2D eigenvalue weighted by Crippen LogP contribution is -2.38. The summed E-state index contributed by atoms with van der Waals surface area (Å²) in [6.07, 6.45) is 3.68. The number of hydrogen-bond acceptors (Lipinski definition) is 3. The van der Waals surface area contributed by atoms with Gasteiger partial charge in [0.1, 0.15) is 0 Å². The fourth-order valence-corrected chi connectivity index (χ4v) is 3.77. The molecule has 1 aliphatic heterocycles. The Bertz CT molecular complexity index is 407. The summed E-state index contributed by atoms with van der Waals surface area (Å²) in [7, 11) is 1.93. The Hall–Kier alpha value is -0.100. The van der Waals surface area contributed by atoms with Gasteiger partial charge in [0.2, 0.25) is 5.91 Å². The van der Waals surface area contributed by atoms with Gasteiger partial charge in [0.25, 0.3) is 0 Å². The Labute approximate surface area is 133 Å². The third-order valence-electron chi connectivity index (χ3n) is 3.42. The van der Waals surface area contributed by atoms with E-state index in [-0.39, 0.29) is 18.3 Å². The topological polar surface area (TPSA) is 32.3 Å². The van der Waals surface area contributed by atoms with Crippen LogP contribution in [0.3, 0.4) is 0 Å². The molecule has 3 nitrogen and oxygen atoms in total. The molecule has 1 aliphatic rings. The highest BCUT2D eigenvalue weighted by Gasteiger charge is 2.22. The molecule has 0 aromatic carbocycles. The maximum atomic E-state index is 12.0. The minimum atomic E-state index is 0. The Morgan fingerprint density at radius 2 is 2.37 bits per heavy atom. The number of thiophene rings is 1. The van der Waals surface area contributed by atoms with Crippen LogP contribution in [0.15, 0.2) is 15.9 Å². The van der Waals surface area contributed by atoms with Crippen molar-refractivity contribution in [3.63, 3.8) is 0 Å². The molecule has 19 heavy (non-hydrogen) atoms. The van der Waals surface area contributed by atoms with Gasteiger partial charge >= 0.3 is 0 Å². The van der Waals surface area contributed by atoms with Gasteiger partial charge < -0.3 is 10.2 Å². The lowest BCUT2D eigenvalue weighted by Gasteiger charge is -2.23. The van der Waals surface area contributed by atoms with Gasteiger partial charge in [-0.15, -0.1) is 23.7 Å². The van der Waals surface area contributed by atoms with Crippen molar-refractivity contribution < 1.29 is 4.79 Å². The first-order valence-corrected chi connectivity index (χ1v) is 7.98. The highest BCUT2D eigenvalue weighted by molar-refractivity contribution is 9.11. The predicted molar refractivity (Wildman–Crippen MR) is 86.2 cm³/mol. The normalized spacial score (nSPS) is 18.1. The third kappa shape index (κ3) is 5.06. The summed E-state index contributed by atoms with van der Waals surface area (Å²) in [5.41, 5.74) is 0. The summed E-state index contributed by atoms with van der Waals surface area (Å²) in [6, 6.07) is 4.59. The van der Waals surface area contributed by atoms with Crippen LogP contribution in [0.1, 0.15) is 24.1 Å². The van der Waals surface area contributed by atoms with Gasteiger partial charge in [-0.3, -0.25) is 4.79 Å². The molecule has 1 N–H and O–H groups in total. The first kappa shape index (κ1) is 17.0. The smallest absolute Gasteiger partial charge is 0.222 e. The summed E-state index contributed by atoms with van der Waals surface area (Å²) in [6.45, 7) is 1.98. The van der Waals surface area contributed by atoms with Gasteiger partial charge in [-0.25, -0.2) is 0 Å². The van der Waals surface area contributed by atoms with Crippen molar-refractivity contribution in [2.45, 2.75) is 31.7 Å². The molecule has 2 heterocycles. The quantitative estimate of drug-likeness (QED) is 0.867. The average Bonchev–Trinajstić information content (AvgIpc) is 2.99. The Morgan fingerprint density at radius 3 is 2.95 bits per heavy atom. The van der Waals surface area contributed by atoms with Crippen molar-refractivity contribution in [2.75, 3.05) is 20.1 Å². The summed E-state index contributed by atoms with van der Waals surface area (Å²) in [5, 5.41) is 3.30. The largest absolute Gasteiger partial charge is 0.341 e. The van der Waals surface area contributed by atoms with Crippen molar-refractivity contribution in [1.82, 2.24) is 10.2 Å². The van der Waals surface area contributed by atoms with Gasteiger partial charge in [-0.2, -0.15) is 0 Å². The molecule has 0 spiro atoms. The van der Waals surface area contributed by atoms with Gasteiger partial charge in [0.05, 0.1) is 3.79 Å². The number of nitrogens with one attached hydrogen (secondary N) is 1. The molecule has 1 aromatic heterocycles. The van der Waals surface area contributed by atoms with E-state index in [2.05, 4.69) is 33.4 Å². The van der Waals surface area contributed by atoms with Crippen LogP contribution in [0.4, 0.5) is 0 Å². The van der Waals surface area contributed by atoms with E-state index in [9.17, 15) is 4.79 Å². The standard InChI is InChI=1S/C13H19BrN2OS.ClH/c1-16(10-7-8-15-9-10)13(17)4-2-3-11-5-6-12(14)18-11;/h5-6,10,15H,2-4,7-9H2,1H3;1H. The zero-order valence-electron chi connectivity index (χ0n) is 11.0. The highest BCUT2D eigenvalue weighted by Crippen LogP contribution is 2.23. The SMILES string of the molecule is CN(C(=O)CCCc1ccc(Br)s1)C1CCNC1.Cl. The second-order valence-corrected chi connectivity index (χ2v) is 7.26. The van der Waals surface area contributed by atoms with Crippen LogP contribution in [0.25, 0.3) is 0 Å². The lowest BCUT2D eigenvalue weighted by molar-refractivity contribution is -0.131. The molecule has 1 unspecified atom stereocenters. The molecular weight excluding hydrogens is 348 g/mol. The fourth-order valence-electron chi connectivity index (χ4n) is 2.25. The number of hydrogen-bond donors (Lipinski definition) is 1. The summed E-state index contributed by atoms with van der Waals surface area (Å²) < 4.78 is 1.16. The highest BCUT2D eigenvalue weighted by atomic mass is 79.9. The monoisotopic (exact) mass is 366 g/mol. The number of likely N-dealkylation sites (N-methyl/N-ethyl adjacent to an activating group) is 1. The molecule has 1 saturated heterocycles. The number of halogens is 2. The summed E-state index contributed by atoms with van der Waals surface area (Å²) in [5.74, 6) is 0.277. The number of amides is 1. The van der Waals surface area contributed by atoms with E-state index < -0.39 is 0 Å². The van der Waals surface area contributed by atoms with Crippen LogP contribution in [0, 0.1) is 0 Å². The number of rotatable bonds is 5. The Morgan fingerprint density at radius 1 is 1.58 bits per heavy atom. The summed E-state index contributed by atoms with van der Waals surface area (Å²) in [4.78, 5) is 15.3. The Balaban J connectivity index is 0.00000180. The third-order valence-corrected chi connectivity index (χ3v) is 5.10. The molecule has 2 rings (SSSR count). The zero-order chi connectivity index (χ0) is 13.0. The number of nitrogens with zero attached hydrogens (tertiary/aromatic N) is 1. The zero-order valence-corrected chi connectivity index (χ0v) is 14.2. The minimum Gasteiger partial charge on any atom is -0.341 e. The van der Waals surface area contributed by atoms with Crippen LogP contribution >= 0.6 is 39.7 Å². The molecule has 108 valence electrons. The minimum absolute atomic E-state index is 0. The van der Waals surface area contributed by atoms with Crippen molar-refractivity contribution in [1.29, 1.82) is 0 Å². The molecule has 1 atom stereocenters. The molecule has 6 heteroatoms. The van der Waals surface area contributed by atoms with Crippen molar-refractivity contribution >= 4 is 45.6 Å².